The van der Waals surface area contributed by atoms with E-state index < -0.39 is 49.8 Å². The molecule has 0 amide bonds. The van der Waals surface area contributed by atoms with E-state index >= 15 is 0 Å². The van der Waals surface area contributed by atoms with Crippen molar-refractivity contribution < 1.29 is 40.2 Å². The van der Waals surface area contributed by atoms with Gasteiger partial charge in [0.15, 0.2) is 0 Å². The highest BCUT2D eigenvalue weighted by Crippen LogP contribution is 2.50. The first-order chi connectivity index (χ1) is 12.8. The summed E-state index contributed by atoms with van der Waals surface area (Å²) in [4.78, 5) is -1.44. The Morgan fingerprint density at radius 2 is 2.00 bits per heavy atom. The number of allylic oxidation sites excluding steroid dienone is 4. The van der Waals surface area contributed by atoms with Crippen LogP contribution in [0.25, 0.3) is 0 Å². The second-order valence-corrected chi connectivity index (χ2v) is 8.12. The molecular weight excluding hydrogens is 431 g/mol. The standard InChI is InChI=1S/C17H14ClF5O4S/c1-3-9(18)7-10(4-2)27-12-5-6-13(28(25,26)17(21,22)23)14-11(12)8-16(19,20)15(14)24/h3-7,15,24H,2,8H2,1H3/b9-3+,10-7+/t15-/m0/s1. The Labute approximate surface area is 162 Å². The van der Waals surface area contributed by atoms with Gasteiger partial charge < -0.3 is 9.84 Å². The molecule has 1 aromatic carbocycles. The van der Waals surface area contributed by atoms with Crippen molar-refractivity contribution in [2.45, 2.75) is 35.8 Å². The quantitative estimate of drug-likeness (QED) is 0.403. The first kappa shape index (κ1) is 22.4. The zero-order chi connectivity index (χ0) is 21.5. The van der Waals surface area contributed by atoms with E-state index in [4.69, 9.17) is 16.3 Å². The molecule has 4 nitrogen and oxygen atoms in total. The zero-order valence-electron chi connectivity index (χ0n) is 14.2. The average molecular weight is 445 g/mol. The molecule has 0 aromatic heterocycles. The molecule has 0 saturated carbocycles. The van der Waals surface area contributed by atoms with Gasteiger partial charge in [-0.2, -0.15) is 13.2 Å². The van der Waals surface area contributed by atoms with Crippen LogP contribution >= 0.6 is 11.6 Å². The number of aliphatic hydroxyl groups excluding tert-OH is 1. The Balaban J connectivity index is 2.69. The van der Waals surface area contributed by atoms with Crippen LogP contribution in [-0.2, 0) is 16.3 Å². The van der Waals surface area contributed by atoms with E-state index in [0.717, 1.165) is 6.07 Å². The second kappa shape index (κ2) is 7.49. The Bertz CT molecular complexity index is 964. The molecule has 0 saturated heterocycles. The van der Waals surface area contributed by atoms with E-state index in [1.165, 1.54) is 18.2 Å². The minimum Gasteiger partial charge on any atom is -0.457 e. The van der Waals surface area contributed by atoms with Gasteiger partial charge in [0.05, 0.1) is 4.90 Å². The van der Waals surface area contributed by atoms with Gasteiger partial charge in [0.2, 0.25) is 0 Å². The fourth-order valence-corrected chi connectivity index (χ4v) is 3.71. The van der Waals surface area contributed by atoms with Crippen LogP contribution < -0.4 is 4.74 Å². The molecule has 1 aliphatic rings. The van der Waals surface area contributed by atoms with E-state index in [2.05, 4.69) is 6.58 Å². The van der Waals surface area contributed by atoms with Crippen LogP contribution in [0.15, 0.2) is 52.6 Å². The number of sulfone groups is 1. The Hall–Kier alpha value is -1.91. The maximum absolute atomic E-state index is 14.0. The first-order valence-corrected chi connectivity index (χ1v) is 9.49. The lowest BCUT2D eigenvalue weighted by Crippen LogP contribution is -2.26. The molecule has 0 unspecified atom stereocenters. The maximum atomic E-state index is 14.0. The average Bonchev–Trinajstić information content (AvgIpc) is 2.83. The van der Waals surface area contributed by atoms with Crippen LogP contribution in [-0.4, -0.2) is 25.0 Å². The van der Waals surface area contributed by atoms with Crippen LogP contribution in [0.5, 0.6) is 5.75 Å². The smallest absolute Gasteiger partial charge is 0.457 e. The molecule has 2 rings (SSSR count). The van der Waals surface area contributed by atoms with Gasteiger partial charge in [-0.05, 0) is 31.2 Å². The highest BCUT2D eigenvalue weighted by atomic mass is 35.5. The number of alkyl halides is 5. The molecular formula is C17H14ClF5O4S. The molecule has 0 spiro atoms. The van der Waals surface area contributed by atoms with Gasteiger partial charge in [-0.3, -0.25) is 0 Å². The predicted octanol–water partition coefficient (Wildman–Crippen LogP) is 4.80. The van der Waals surface area contributed by atoms with Crippen molar-refractivity contribution in [2.75, 3.05) is 0 Å². The fourth-order valence-electron chi connectivity index (χ4n) is 2.58. The van der Waals surface area contributed by atoms with Gasteiger partial charge >= 0.3 is 5.51 Å². The van der Waals surface area contributed by atoms with E-state index in [0.29, 0.717) is 6.07 Å². The summed E-state index contributed by atoms with van der Waals surface area (Å²) in [5, 5.41) is 10.0. The summed E-state index contributed by atoms with van der Waals surface area (Å²) in [6, 6.07) is 1.28. The molecule has 0 aliphatic heterocycles. The number of rotatable bonds is 5. The minimum absolute atomic E-state index is 0.0264. The third kappa shape index (κ3) is 3.94. The van der Waals surface area contributed by atoms with E-state index in [1.807, 2.05) is 0 Å². The fraction of sp³-hybridized carbons (Fsp3) is 0.294. The van der Waals surface area contributed by atoms with Crippen molar-refractivity contribution >= 4 is 21.4 Å². The Morgan fingerprint density at radius 1 is 1.39 bits per heavy atom. The lowest BCUT2D eigenvalue weighted by atomic mass is 10.1. The maximum Gasteiger partial charge on any atom is 0.501 e. The number of benzene rings is 1. The summed E-state index contributed by atoms with van der Waals surface area (Å²) in [5.74, 6) is -4.25. The van der Waals surface area contributed by atoms with Crippen molar-refractivity contribution in [3.8, 4) is 5.75 Å². The number of ether oxygens (including phenoxy) is 1. The van der Waals surface area contributed by atoms with Crippen molar-refractivity contribution in [2.24, 2.45) is 0 Å². The Kier molecular flexibility index (Phi) is 5.99. The largest absolute Gasteiger partial charge is 0.501 e. The summed E-state index contributed by atoms with van der Waals surface area (Å²) >= 11 is 5.82. The molecule has 1 atom stereocenters. The van der Waals surface area contributed by atoms with Crippen LogP contribution in [0, 0.1) is 0 Å². The van der Waals surface area contributed by atoms with Gasteiger partial charge in [0.1, 0.15) is 17.6 Å². The second-order valence-electron chi connectivity index (χ2n) is 5.77. The van der Waals surface area contributed by atoms with Gasteiger partial charge in [-0.25, -0.2) is 17.2 Å². The normalized spacial score (nSPS) is 20.1. The van der Waals surface area contributed by atoms with Crippen molar-refractivity contribution in [1.29, 1.82) is 0 Å². The van der Waals surface area contributed by atoms with Crippen LogP contribution in [0.3, 0.4) is 0 Å². The van der Waals surface area contributed by atoms with E-state index in [9.17, 15) is 35.5 Å². The highest BCUT2D eigenvalue weighted by Gasteiger charge is 2.55. The van der Waals surface area contributed by atoms with Crippen LogP contribution in [0.1, 0.15) is 24.2 Å². The van der Waals surface area contributed by atoms with Crippen molar-refractivity contribution in [1.82, 2.24) is 0 Å². The summed E-state index contributed by atoms with van der Waals surface area (Å²) < 4.78 is 95.7. The van der Waals surface area contributed by atoms with Crippen LogP contribution in [0.2, 0.25) is 0 Å². The van der Waals surface area contributed by atoms with Crippen LogP contribution in [0.4, 0.5) is 22.0 Å². The number of fused-ring (bicyclic) bond motifs is 1. The summed E-state index contributed by atoms with van der Waals surface area (Å²) in [5.41, 5.74) is -7.32. The van der Waals surface area contributed by atoms with Gasteiger partial charge in [-0.15, -0.1) is 0 Å². The topological polar surface area (TPSA) is 63.6 Å². The minimum atomic E-state index is -5.97. The molecule has 1 aromatic rings. The van der Waals surface area contributed by atoms with Gasteiger partial charge in [0, 0.05) is 22.6 Å². The van der Waals surface area contributed by atoms with Gasteiger partial charge in [0.25, 0.3) is 15.8 Å². The molecule has 1 aliphatic carbocycles. The summed E-state index contributed by atoms with van der Waals surface area (Å²) in [6.07, 6.45) is -0.0293. The number of aliphatic hydroxyl groups is 1. The SMILES string of the molecule is C=C/C(=C\C(Cl)=C/C)Oc1ccc(S(=O)(=O)C(F)(F)F)c2c1CC(F)(F)[C@H]2O. The van der Waals surface area contributed by atoms with Crippen molar-refractivity contribution in [3.63, 3.8) is 0 Å². The molecule has 11 heteroatoms. The predicted molar refractivity (Wildman–Crippen MR) is 91.8 cm³/mol. The monoisotopic (exact) mass is 444 g/mol. The highest BCUT2D eigenvalue weighted by molar-refractivity contribution is 7.92. The zero-order valence-corrected chi connectivity index (χ0v) is 15.8. The van der Waals surface area contributed by atoms with Gasteiger partial charge in [-0.1, -0.05) is 24.3 Å². The molecule has 154 valence electrons. The molecule has 0 bridgehead atoms. The molecule has 0 heterocycles. The number of hydrogen-bond acceptors (Lipinski definition) is 4. The van der Waals surface area contributed by atoms with E-state index in [1.54, 1.807) is 6.92 Å². The third-order valence-corrected chi connectivity index (χ3v) is 5.81. The first-order valence-electron chi connectivity index (χ1n) is 7.63. The number of halogens is 6. The lowest BCUT2D eigenvalue weighted by Gasteiger charge is -2.17. The number of hydrogen-bond donors (Lipinski definition) is 1. The lowest BCUT2D eigenvalue weighted by molar-refractivity contribution is -0.0978. The van der Waals surface area contributed by atoms with Crippen molar-refractivity contribution in [3.05, 3.63) is 58.9 Å². The molecule has 0 radical (unpaired) electrons. The molecule has 1 N–H and O–H groups in total. The summed E-state index contributed by atoms with van der Waals surface area (Å²) in [6.45, 7) is 5.05. The molecule has 0 fully saturated rings. The third-order valence-electron chi connectivity index (χ3n) is 3.94. The summed E-state index contributed by atoms with van der Waals surface area (Å²) in [7, 11) is -5.97. The van der Waals surface area contributed by atoms with E-state index in [-0.39, 0.29) is 16.5 Å². The molecule has 28 heavy (non-hydrogen) atoms. The Morgan fingerprint density at radius 3 is 2.50 bits per heavy atom.